The summed E-state index contributed by atoms with van der Waals surface area (Å²) < 4.78 is 5.28. The van der Waals surface area contributed by atoms with E-state index in [1.165, 1.54) is 25.1 Å². The smallest absolute Gasteiger partial charge is 0.344 e. The Morgan fingerprint density at radius 3 is 2.79 bits per heavy atom. The summed E-state index contributed by atoms with van der Waals surface area (Å²) >= 11 is 0. The van der Waals surface area contributed by atoms with Crippen LogP contribution >= 0.6 is 0 Å². The molecule has 0 aliphatic rings. The fourth-order valence-electron chi connectivity index (χ4n) is 1.43. The van der Waals surface area contributed by atoms with Crippen LogP contribution in [0.1, 0.15) is 19.4 Å². The summed E-state index contributed by atoms with van der Waals surface area (Å²) in [6.07, 6.45) is -1.01. The first kappa shape index (κ1) is 14.9. The number of nitro benzene ring substituents is 1. The monoisotopic (exact) mass is 268 g/mol. The molecular formula is C12H16N2O5. The highest BCUT2D eigenvalue weighted by molar-refractivity contribution is 5.72. The molecule has 1 aromatic carbocycles. The first-order valence-electron chi connectivity index (χ1n) is 5.83. The van der Waals surface area contributed by atoms with Gasteiger partial charge in [0, 0.05) is 24.2 Å². The maximum atomic E-state index is 10.8. The average molecular weight is 268 g/mol. The Kier molecular flexibility index (Phi) is 5.25. The molecule has 0 aliphatic heterocycles. The Bertz CT molecular complexity index is 475. The number of carbonyl (C=O) groups is 1. The van der Waals surface area contributed by atoms with Crippen LogP contribution in [0, 0.1) is 10.1 Å². The molecule has 0 saturated carbocycles. The van der Waals surface area contributed by atoms with Gasteiger partial charge in [0.25, 0.3) is 5.69 Å². The molecule has 0 radical (unpaired) electrons. The lowest BCUT2D eigenvalue weighted by Crippen LogP contribution is -2.24. The van der Waals surface area contributed by atoms with Crippen molar-refractivity contribution >= 4 is 11.7 Å². The number of nitrogens with one attached hydrogen (secondary N) is 1. The first-order chi connectivity index (χ1) is 8.95. The molecule has 1 unspecified atom stereocenters. The number of hydrogen-bond acceptors (Lipinski definition) is 5. The lowest BCUT2D eigenvalue weighted by Gasteiger charge is -2.14. The summed E-state index contributed by atoms with van der Waals surface area (Å²) in [4.78, 5) is 21.0. The molecular weight excluding hydrogens is 252 g/mol. The van der Waals surface area contributed by atoms with Gasteiger partial charge in [-0.2, -0.15) is 0 Å². The van der Waals surface area contributed by atoms with E-state index in [1.54, 1.807) is 0 Å². The summed E-state index contributed by atoms with van der Waals surface area (Å²) in [5, 5.41) is 22.5. The third-order valence-corrected chi connectivity index (χ3v) is 2.47. The number of benzene rings is 1. The zero-order valence-electron chi connectivity index (χ0n) is 10.8. The summed E-state index contributed by atoms with van der Waals surface area (Å²) in [6.45, 7) is 4.37. The maximum absolute atomic E-state index is 10.8. The van der Waals surface area contributed by atoms with E-state index in [2.05, 4.69) is 5.32 Å². The predicted molar refractivity (Wildman–Crippen MR) is 68.2 cm³/mol. The van der Waals surface area contributed by atoms with Gasteiger partial charge in [-0.25, -0.2) is 4.79 Å². The van der Waals surface area contributed by atoms with Crippen LogP contribution < -0.4 is 10.1 Å². The van der Waals surface area contributed by atoms with Crippen LogP contribution in [0.4, 0.5) is 5.69 Å². The van der Waals surface area contributed by atoms with Gasteiger partial charge in [-0.3, -0.25) is 10.1 Å². The number of ether oxygens (including phenoxy) is 1. The minimum atomic E-state index is -1.09. The summed E-state index contributed by atoms with van der Waals surface area (Å²) in [7, 11) is 0. The van der Waals surface area contributed by atoms with Crippen LogP contribution in [-0.4, -0.2) is 28.6 Å². The van der Waals surface area contributed by atoms with Crippen molar-refractivity contribution in [2.45, 2.75) is 26.5 Å². The van der Waals surface area contributed by atoms with Crippen LogP contribution in [0.3, 0.4) is 0 Å². The van der Waals surface area contributed by atoms with Gasteiger partial charge in [0.1, 0.15) is 5.75 Å². The second-order valence-corrected chi connectivity index (χ2v) is 3.93. The van der Waals surface area contributed by atoms with Crippen molar-refractivity contribution in [3.05, 3.63) is 33.9 Å². The number of hydrogen-bond donors (Lipinski definition) is 2. The van der Waals surface area contributed by atoms with Crippen molar-refractivity contribution in [1.82, 2.24) is 5.32 Å². The number of non-ortho nitro benzene ring substituents is 1. The Hall–Kier alpha value is -2.15. The van der Waals surface area contributed by atoms with Gasteiger partial charge in [-0.1, -0.05) is 6.92 Å². The molecule has 104 valence electrons. The van der Waals surface area contributed by atoms with E-state index in [4.69, 9.17) is 9.84 Å². The highest BCUT2D eigenvalue weighted by Crippen LogP contribution is 2.25. The Morgan fingerprint density at radius 1 is 1.58 bits per heavy atom. The minimum absolute atomic E-state index is 0.0526. The lowest BCUT2D eigenvalue weighted by molar-refractivity contribution is -0.384. The second-order valence-electron chi connectivity index (χ2n) is 3.93. The molecule has 1 atom stereocenters. The first-order valence-corrected chi connectivity index (χ1v) is 5.83. The van der Waals surface area contributed by atoms with Gasteiger partial charge < -0.3 is 15.2 Å². The van der Waals surface area contributed by atoms with Crippen LogP contribution in [0.5, 0.6) is 5.75 Å². The molecule has 1 rings (SSSR count). The topological polar surface area (TPSA) is 102 Å². The van der Waals surface area contributed by atoms with Crippen molar-refractivity contribution in [3.8, 4) is 5.75 Å². The number of aliphatic carboxylic acids is 1. The number of nitrogens with zero attached hydrogens (tertiary/aromatic N) is 1. The standard InChI is InChI=1S/C12H16N2O5/c1-3-13-7-9-6-10(14(17)18)4-5-11(9)19-8(2)12(15)16/h4-6,8,13H,3,7H2,1-2H3,(H,15,16). The van der Waals surface area contributed by atoms with Gasteiger partial charge >= 0.3 is 5.97 Å². The number of rotatable bonds is 7. The largest absolute Gasteiger partial charge is 0.479 e. The molecule has 19 heavy (non-hydrogen) atoms. The molecule has 7 heteroatoms. The van der Waals surface area contributed by atoms with Gasteiger partial charge in [0.05, 0.1) is 4.92 Å². The number of nitro groups is 1. The van der Waals surface area contributed by atoms with Crippen molar-refractivity contribution in [3.63, 3.8) is 0 Å². The number of carboxylic acid groups (broad SMARTS) is 1. The highest BCUT2D eigenvalue weighted by Gasteiger charge is 2.17. The molecule has 7 nitrogen and oxygen atoms in total. The quantitative estimate of drug-likeness (QED) is 0.574. The second kappa shape index (κ2) is 6.69. The molecule has 0 aromatic heterocycles. The third kappa shape index (κ3) is 4.22. The van der Waals surface area contributed by atoms with Crippen LogP contribution in [-0.2, 0) is 11.3 Å². The van der Waals surface area contributed by atoms with E-state index in [0.717, 1.165) is 0 Å². The van der Waals surface area contributed by atoms with E-state index in [0.29, 0.717) is 24.4 Å². The summed E-state index contributed by atoms with van der Waals surface area (Å²) in [6, 6.07) is 4.09. The van der Waals surface area contributed by atoms with Gasteiger partial charge in [0.2, 0.25) is 0 Å². The Morgan fingerprint density at radius 2 is 2.26 bits per heavy atom. The van der Waals surface area contributed by atoms with Crippen molar-refractivity contribution in [2.24, 2.45) is 0 Å². The van der Waals surface area contributed by atoms with Crippen LogP contribution in [0.2, 0.25) is 0 Å². The lowest BCUT2D eigenvalue weighted by atomic mass is 10.1. The van der Waals surface area contributed by atoms with E-state index < -0.39 is 17.0 Å². The average Bonchev–Trinajstić information content (AvgIpc) is 2.37. The van der Waals surface area contributed by atoms with E-state index in [1.807, 2.05) is 6.92 Å². The zero-order valence-corrected chi connectivity index (χ0v) is 10.8. The van der Waals surface area contributed by atoms with Gasteiger partial charge in [-0.15, -0.1) is 0 Å². The Balaban J connectivity index is 3.00. The van der Waals surface area contributed by atoms with E-state index in [9.17, 15) is 14.9 Å². The molecule has 0 heterocycles. The molecule has 0 aliphatic carbocycles. The Labute approximate surface area is 110 Å². The van der Waals surface area contributed by atoms with Crippen molar-refractivity contribution < 1.29 is 19.6 Å². The molecule has 2 N–H and O–H groups in total. The molecule has 0 fully saturated rings. The summed E-state index contributed by atoms with van der Waals surface area (Å²) in [5.74, 6) is -0.755. The maximum Gasteiger partial charge on any atom is 0.344 e. The van der Waals surface area contributed by atoms with Crippen molar-refractivity contribution in [2.75, 3.05) is 6.54 Å². The van der Waals surface area contributed by atoms with Crippen molar-refractivity contribution in [1.29, 1.82) is 0 Å². The van der Waals surface area contributed by atoms with Crippen LogP contribution in [0.25, 0.3) is 0 Å². The highest BCUT2D eigenvalue weighted by atomic mass is 16.6. The normalized spacial score (nSPS) is 11.9. The molecule has 0 bridgehead atoms. The number of carboxylic acids is 1. The van der Waals surface area contributed by atoms with E-state index in [-0.39, 0.29) is 5.69 Å². The zero-order chi connectivity index (χ0) is 14.4. The fourth-order valence-corrected chi connectivity index (χ4v) is 1.43. The molecule has 0 amide bonds. The fraction of sp³-hybridized carbons (Fsp3) is 0.417. The predicted octanol–water partition coefficient (Wildman–Crippen LogP) is 1.56. The van der Waals surface area contributed by atoms with Gasteiger partial charge in [0.15, 0.2) is 6.10 Å². The minimum Gasteiger partial charge on any atom is -0.479 e. The summed E-state index contributed by atoms with van der Waals surface area (Å²) in [5.41, 5.74) is 0.507. The third-order valence-electron chi connectivity index (χ3n) is 2.47. The SMILES string of the molecule is CCNCc1cc([N+](=O)[O-])ccc1OC(C)C(=O)O. The van der Waals surface area contributed by atoms with Crippen LogP contribution in [0.15, 0.2) is 18.2 Å². The van der Waals surface area contributed by atoms with Gasteiger partial charge in [-0.05, 0) is 19.5 Å². The van der Waals surface area contributed by atoms with E-state index >= 15 is 0 Å². The molecule has 0 saturated heterocycles. The molecule has 1 aromatic rings. The molecule has 0 spiro atoms.